The van der Waals surface area contributed by atoms with Crippen molar-refractivity contribution in [3.63, 3.8) is 0 Å². The summed E-state index contributed by atoms with van der Waals surface area (Å²) in [5, 5.41) is 0. The number of aromatic nitrogens is 3. The molecule has 3 rings (SSSR count). The summed E-state index contributed by atoms with van der Waals surface area (Å²) in [7, 11) is 0. The largest absolute Gasteiger partial charge is 0.228 e. The van der Waals surface area contributed by atoms with E-state index in [-0.39, 0.29) is 17.8 Å². The van der Waals surface area contributed by atoms with Crippen LogP contribution in [-0.2, 0) is 0 Å². The predicted octanol–water partition coefficient (Wildman–Crippen LogP) is 4.59. The fourth-order valence-electron chi connectivity index (χ4n) is 1.40. The van der Waals surface area contributed by atoms with E-state index in [9.17, 15) is 13.2 Å². The van der Waals surface area contributed by atoms with Crippen LogP contribution in [-0.4, -0.2) is 15.0 Å². The van der Waals surface area contributed by atoms with E-state index in [1.807, 2.05) is 0 Å². The highest BCUT2D eigenvalue weighted by Crippen LogP contribution is 1.99. The molecule has 0 saturated carbocycles. The molecule has 0 spiro atoms. The second-order valence-corrected chi connectivity index (χ2v) is 4.83. The first kappa shape index (κ1) is 19.3. The Morgan fingerprint density at radius 3 is 0.917 bits per heavy atom. The van der Waals surface area contributed by atoms with Crippen LogP contribution < -0.4 is 0 Å². The highest BCUT2D eigenvalue weighted by Gasteiger charge is 1.92. The van der Waals surface area contributed by atoms with Crippen LogP contribution in [0.25, 0.3) is 0 Å². The Morgan fingerprint density at radius 1 is 0.542 bits per heavy atom. The third kappa shape index (κ3) is 7.00. The van der Waals surface area contributed by atoms with Crippen molar-refractivity contribution >= 4 is 0 Å². The van der Waals surface area contributed by atoms with Crippen LogP contribution in [0.1, 0.15) is 16.7 Å². The van der Waals surface area contributed by atoms with E-state index < -0.39 is 0 Å². The zero-order chi connectivity index (χ0) is 17.9. The number of pyridine rings is 3. The van der Waals surface area contributed by atoms with Crippen LogP contribution in [0.5, 0.6) is 0 Å². The summed E-state index contributed by atoms with van der Waals surface area (Å²) in [5.41, 5.74) is 1.77. The molecule has 0 amide bonds. The Balaban J connectivity index is 0.000000180. The first-order valence-corrected chi connectivity index (χ1v) is 7.13. The van der Waals surface area contributed by atoms with Gasteiger partial charge in [-0.2, -0.15) is 13.2 Å². The Labute approximate surface area is 139 Å². The molecule has 0 aromatic carbocycles. The lowest BCUT2D eigenvalue weighted by Crippen LogP contribution is -1.83. The summed E-state index contributed by atoms with van der Waals surface area (Å²) < 4.78 is 36.6. The number of hydrogen-bond donors (Lipinski definition) is 0. The van der Waals surface area contributed by atoms with Crippen molar-refractivity contribution in [1.29, 1.82) is 0 Å². The summed E-state index contributed by atoms with van der Waals surface area (Å²) in [5.74, 6) is -1.15. The van der Waals surface area contributed by atoms with Gasteiger partial charge in [0, 0.05) is 35.3 Å². The zero-order valence-corrected chi connectivity index (χ0v) is 13.7. The molecule has 0 atom stereocenters. The highest BCUT2D eigenvalue weighted by atomic mass is 19.1. The van der Waals surface area contributed by atoms with Crippen LogP contribution >= 0.6 is 0 Å². The van der Waals surface area contributed by atoms with Crippen LogP contribution in [0.3, 0.4) is 0 Å². The molecule has 0 unspecified atom stereocenters. The molecule has 3 nitrogen and oxygen atoms in total. The third-order valence-corrected chi connectivity index (χ3v) is 2.84. The Bertz CT molecular complexity index is 597. The van der Waals surface area contributed by atoms with E-state index in [4.69, 9.17) is 0 Å². The molecule has 3 aromatic heterocycles. The van der Waals surface area contributed by atoms with Gasteiger partial charge in [0.15, 0.2) is 0 Å². The van der Waals surface area contributed by atoms with Gasteiger partial charge in [0.1, 0.15) is 0 Å². The van der Waals surface area contributed by atoms with Gasteiger partial charge in [-0.05, 0) is 39.0 Å². The smallest absolute Gasteiger partial charge is 0.215 e. The summed E-state index contributed by atoms with van der Waals surface area (Å²) in [6, 6.07) is 10.2. The molecular formula is C18H18F3N3. The summed E-state index contributed by atoms with van der Waals surface area (Å²) in [4.78, 5) is 10.2. The maximum Gasteiger partial charge on any atom is 0.215 e. The van der Waals surface area contributed by atoms with Gasteiger partial charge < -0.3 is 0 Å². The van der Waals surface area contributed by atoms with E-state index in [0.29, 0.717) is 16.7 Å². The van der Waals surface area contributed by atoms with Gasteiger partial charge >= 0.3 is 0 Å². The molecule has 0 radical (unpaired) electrons. The molecular weight excluding hydrogens is 315 g/mol. The molecule has 0 aliphatic rings. The van der Waals surface area contributed by atoms with Crippen LogP contribution in [0.2, 0.25) is 0 Å². The van der Waals surface area contributed by atoms with Crippen molar-refractivity contribution in [2.75, 3.05) is 0 Å². The molecule has 0 fully saturated rings. The molecule has 0 N–H and O–H groups in total. The Kier molecular flexibility index (Phi) is 8.11. The minimum absolute atomic E-state index is 0.382. The SMILES string of the molecule is Cc1cccnc1F.Cc1cccnc1F.Cc1cccnc1F. The molecule has 0 saturated heterocycles. The van der Waals surface area contributed by atoms with Crippen molar-refractivity contribution in [3.05, 3.63) is 89.5 Å². The van der Waals surface area contributed by atoms with Crippen molar-refractivity contribution in [3.8, 4) is 0 Å². The Hall–Kier alpha value is -2.76. The lowest BCUT2D eigenvalue weighted by atomic mass is 10.3. The fraction of sp³-hybridized carbons (Fsp3) is 0.167. The maximum absolute atomic E-state index is 12.2. The average molecular weight is 333 g/mol. The van der Waals surface area contributed by atoms with Crippen LogP contribution in [0, 0.1) is 38.6 Å². The molecule has 24 heavy (non-hydrogen) atoms. The maximum atomic E-state index is 12.2. The average Bonchev–Trinajstić information content (AvgIpc) is 2.57. The molecule has 3 aromatic rings. The molecule has 0 bridgehead atoms. The second kappa shape index (κ2) is 10.1. The quantitative estimate of drug-likeness (QED) is 0.565. The number of aryl methyl sites for hydroxylation is 3. The first-order valence-electron chi connectivity index (χ1n) is 7.13. The van der Waals surface area contributed by atoms with E-state index in [0.717, 1.165) is 0 Å². The van der Waals surface area contributed by atoms with E-state index in [2.05, 4.69) is 15.0 Å². The highest BCUT2D eigenvalue weighted by molar-refractivity contribution is 5.08. The fourth-order valence-corrected chi connectivity index (χ4v) is 1.40. The van der Waals surface area contributed by atoms with E-state index in [1.54, 1.807) is 57.2 Å². The minimum Gasteiger partial charge on any atom is -0.228 e. The molecule has 0 aliphatic carbocycles. The number of nitrogens with zero attached hydrogens (tertiary/aromatic N) is 3. The summed E-state index contributed by atoms with van der Waals surface area (Å²) in [6.07, 6.45) is 4.30. The van der Waals surface area contributed by atoms with Crippen molar-refractivity contribution in [2.45, 2.75) is 20.8 Å². The van der Waals surface area contributed by atoms with Crippen molar-refractivity contribution in [1.82, 2.24) is 15.0 Å². The van der Waals surface area contributed by atoms with Crippen molar-refractivity contribution in [2.24, 2.45) is 0 Å². The minimum atomic E-state index is -0.382. The monoisotopic (exact) mass is 333 g/mol. The normalized spacial score (nSPS) is 9.25. The molecule has 0 aliphatic heterocycles. The summed E-state index contributed by atoms with van der Waals surface area (Å²) >= 11 is 0. The molecule has 3 heterocycles. The molecule has 6 heteroatoms. The van der Waals surface area contributed by atoms with Gasteiger partial charge in [-0.25, -0.2) is 15.0 Å². The Morgan fingerprint density at radius 2 is 0.792 bits per heavy atom. The van der Waals surface area contributed by atoms with E-state index in [1.165, 1.54) is 18.6 Å². The number of halogens is 3. The van der Waals surface area contributed by atoms with Gasteiger partial charge in [-0.3, -0.25) is 0 Å². The first-order chi connectivity index (χ1) is 11.4. The van der Waals surface area contributed by atoms with Gasteiger partial charge in [0.2, 0.25) is 17.8 Å². The van der Waals surface area contributed by atoms with Crippen LogP contribution in [0.4, 0.5) is 13.2 Å². The van der Waals surface area contributed by atoms with Gasteiger partial charge in [0.05, 0.1) is 0 Å². The summed E-state index contributed by atoms with van der Waals surface area (Å²) in [6.45, 7) is 5.05. The van der Waals surface area contributed by atoms with Gasteiger partial charge in [-0.15, -0.1) is 0 Å². The standard InChI is InChI=1S/3C6H6FN/c3*1-5-3-2-4-8-6(5)7/h3*2-4H,1H3. The number of hydrogen-bond acceptors (Lipinski definition) is 3. The van der Waals surface area contributed by atoms with E-state index >= 15 is 0 Å². The van der Waals surface area contributed by atoms with Crippen LogP contribution in [0.15, 0.2) is 55.0 Å². The lowest BCUT2D eigenvalue weighted by molar-refractivity contribution is 0.574. The molecule has 126 valence electrons. The second-order valence-electron chi connectivity index (χ2n) is 4.83. The predicted molar refractivity (Wildman–Crippen MR) is 86.8 cm³/mol. The van der Waals surface area contributed by atoms with Gasteiger partial charge in [-0.1, -0.05) is 18.2 Å². The number of rotatable bonds is 0. The third-order valence-electron chi connectivity index (χ3n) is 2.84. The topological polar surface area (TPSA) is 38.7 Å². The lowest BCUT2D eigenvalue weighted by Gasteiger charge is -1.88. The van der Waals surface area contributed by atoms with Crippen molar-refractivity contribution < 1.29 is 13.2 Å². The zero-order valence-electron chi connectivity index (χ0n) is 13.7. The van der Waals surface area contributed by atoms with Gasteiger partial charge in [0.25, 0.3) is 0 Å².